The van der Waals surface area contributed by atoms with Crippen LogP contribution >= 0.6 is 0 Å². The Kier molecular flexibility index (Phi) is 3.67. The molecule has 1 aliphatic rings. The third-order valence-electron chi connectivity index (χ3n) is 3.79. The van der Waals surface area contributed by atoms with Crippen molar-refractivity contribution in [1.29, 1.82) is 0 Å². The van der Waals surface area contributed by atoms with E-state index in [1.165, 1.54) is 10.8 Å². The highest BCUT2D eigenvalue weighted by molar-refractivity contribution is 5.83. The lowest BCUT2D eigenvalue weighted by Crippen LogP contribution is -2.42. The van der Waals surface area contributed by atoms with Crippen LogP contribution in [0.4, 0.5) is 0 Å². The summed E-state index contributed by atoms with van der Waals surface area (Å²) in [6.07, 6.45) is 2.29. The van der Waals surface area contributed by atoms with E-state index in [0.29, 0.717) is 6.04 Å². The zero-order valence-electron chi connectivity index (χ0n) is 11.3. The van der Waals surface area contributed by atoms with Gasteiger partial charge in [0.2, 0.25) is 0 Å². The topological polar surface area (TPSA) is 24.5 Å². The Balaban J connectivity index is 1.73. The molecule has 0 radical (unpaired) electrons. The van der Waals surface area contributed by atoms with Gasteiger partial charge in [0.25, 0.3) is 0 Å². The van der Waals surface area contributed by atoms with Gasteiger partial charge in [-0.15, -0.1) is 5.06 Å². The largest absolute Gasteiger partial charge is 0.406 e. The fourth-order valence-electron chi connectivity index (χ4n) is 2.64. The lowest BCUT2D eigenvalue weighted by atomic mass is 10.1. The van der Waals surface area contributed by atoms with Crippen LogP contribution in [0.1, 0.15) is 12.8 Å². The highest BCUT2D eigenvalue weighted by Crippen LogP contribution is 2.22. The number of hydrogen-bond acceptors (Lipinski definition) is 3. The molecule has 1 saturated heterocycles. The molecule has 0 bridgehead atoms. The zero-order chi connectivity index (χ0) is 13.1. The zero-order valence-corrected chi connectivity index (χ0v) is 11.3. The van der Waals surface area contributed by atoms with Crippen LogP contribution in [-0.4, -0.2) is 31.2 Å². The summed E-state index contributed by atoms with van der Waals surface area (Å²) < 4.78 is 0. The summed E-state index contributed by atoms with van der Waals surface area (Å²) in [5.41, 5.74) is 0. The van der Waals surface area contributed by atoms with Crippen molar-refractivity contribution in [3.63, 3.8) is 0 Å². The summed E-state index contributed by atoms with van der Waals surface area (Å²) in [6, 6.07) is 15.1. The summed E-state index contributed by atoms with van der Waals surface area (Å²) >= 11 is 0. The number of rotatable bonds is 3. The molecule has 1 aliphatic heterocycles. The van der Waals surface area contributed by atoms with Gasteiger partial charge in [0.1, 0.15) is 5.75 Å². The number of hydrogen-bond donors (Lipinski definition) is 1. The van der Waals surface area contributed by atoms with E-state index in [2.05, 4.69) is 41.7 Å². The molecule has 2 aromatic carbocycles. The monoisotopic (exact) mass is 256 g/mol. The molecular formula is C16H20N2O. The van der Waals surface area contributed by atoms with Gasteiger partial charge in [0.15, 0.2) is 0 Å². The van der Waals surface area contributed by atoms with Gasteiger partial charge in [0.05, 0.1) is 0 Å². The molecule has 1 N–H and O–H groups in total. The lowest BCUT2D eigenvalue weighted by Gasteiger charge is -2.30. The minimum absolute atomic E-state index is 0.507. The fraction of sp³-hybridized carbons (Fsp3) is 0.375. The first kappa shape index (κ1) is 12.5. The van der Waals surface area contributed by atoms with Crippen LogP contribution in [0.2, 0.25) is 0 Å². The molecule has 0 spiro atoms. The van der Waals surface area contributed by atoms with E-state index in [9.17, 15) is 0 Å². The molecule has 1 heterocycles. The fourth-order valence-corrected chi connectivity index (χ4v) is 2.64. The highest BCUT2D eigenvalue weighted by Gasteiger charge is 2.19. The molecule has 19 heavy (non-hydrogen) atoms. The first-order valence-electron chi connectivity index (χ1n) is 6.93. The van der Waals surface area contributed by atoms with Gasteiger partial charge < -0.3 is 10.2 Å². The van der Waals surface area contributed by atoms with Crippen molar-refractivity contribution >= 4 is 10.8 Å². The number of nitrogens with zero attached hydrogens (tertiary/aromatic N) is 1. The van der Waals surface area contributed by atoms with Crippen LogP contribution in [0.3, 0.4) is 0 Å². The average molecular weight is 256 g/mol. The summed E-state index contributed by atoms with van der Waals surface area (Å²) in [4.78, 5) is 5.97. The smallest absolute Gasteiger partial charge is 0.148 e. The predicted octanol–water partition coefficient (Wildman–Crippen LogP) is 2.82. The van der Waals surface area contributed by atoms with Gasteiger partial charge in [-0.25, -0.2) is 0 Å². The minimum atomic E-state index is 0.507. The van der Waals surface area contributed by atoms with Gasteiger partial charge in [-0.2, -0.15) is 0 Å². The maximum Gasteiger partial charge on any atom is 0.148 e. The average Bonchev–Trinajstić information content (AvgIpc) is 2.48. The van der Waals surface area contributed by atoms with Gasteiger partial charge in [0, 0.05) is 13.1 Å². The van der Waals surface area contributed by atoms with E-state index in [1.54, 1.807) is 0 Å². The van der Waals surface area contributed by atoms with E-state index >= 15 is 0 Å². The van der Waals surface area contributed by atoms with E-state index in [-0.39, 0.29) is 0 Å². The molecule has 0 aromatic heterocycles. The Morgan fingerprint density at radius 3 is 2.58 bits per heavy atom. The van der Waals surface area contributed by atoms with Gasteiger partial charge >= 0.3 is 0 Å². The summed E-state index contributed by atoms with van der Waals surface area (Å²) in [7, 11) is 2.03. The van der Waals surface area contributed by atoms with Crippen LogP contribution in [0.5, 0.6) is 5.75 Å². The SMILES string of the molecule is CN(Oc1ccc2ccccc2c1)C1CCNCC1. The molecule has 100 valence electrons. The second-order valence-electron chi connectivity index (χ2n) is 5.13. The number of piperidine rings is 1. The van der Waals surface area contributed by atoms with E-state index < -0.39 is 0 Å². The Labute approximate surface area is 114 Å². The Morgan fingerprint density at radius 2 is 1.79 bits per heavy atom. The van der Waals surface area contributed by atoms with Crippen molar-refractivity contribution in [2.75, 3.05) is 20.1 Å². The van der Waals surface area contributed by atoms with Crippen LogP contribution in [0.25, 0.3) is 10.8 Å². The maximum atomic E-state index is 5.97. The maximum absolute atomic E-state index is 5.97. The molecule has 3 heteroatoms. The van der Waals surface area contributed by atoms with Gasteiger partial charge in [-0.05, 0) is 48.8 Å². The summed E-state index contributed by atoms with van der Waals surface area (Å²) in [6.45, 7) is 2.16. The summed E-state index contributed by atoms with van der Waals surface area (Å²) in [5.74, 6) is 0.916. The van der Waals surface area contributed by atoms with Crippen molar-refractivity contribution in [1.82, 2.24) is 10.4 Å². The third kappa shape index (κ3) is 2.88. The predicted molar refractivity (Wildman–Crippen MR) is 78.2 cm³/mol. The first-order valence-corrected chi connectivity index (χ1v) is 6.93. The molecule has 0 aliphatic carbocycles. The third-order valence-corrected chi connectivity index (χ3v) is 3.79. The quantitative estimate of drug-likeness (QED) is 0.855. The van der Waals surface area contributed by atoms with Crippen LogP contribution in [0.15, 0.2) is 42.5 Å². The van der Waals surface area contributed by atoms with Crippen molar-refractivity contribution < 1.29 is 4.84 Å². The molecule has 2 aromatic rings. The number of benzene rings is 2. The Bertz CT molecular complexity index is 549. The van der Waals surface area contributed by atoms with Crippen molar-refractivity contribution in [3.05, 3.63) is 42.5 Å². The lowest BCUT2D eigenvalue weighted by molar-refractivity contribution is -0.0785. The number of nitrogens with one attached hydrogen (secondary N) is 1. The van der Waals surface area contributed by atoms with E-state index in [4.69, 9.17) is 4.84 Å². The molecule has 0 atom stereocenters. The standard InChI is InChI=1S/C16H20N2O/c1-18(15-8-10-17-11-9-15)19-16-7-6-13-4-2-3-5-14(13)12-16/h2-7,12,15,17H,8-11H2,1H3. The number of fused-ring (bicyclic) bond motifs is 1. The molecule has 3 nitrogen and oxygen atoms in total. The molecule has 0 unspecified atom stereocenters. The second-order valence-corrected chi connectivity index (χ2v) is 5.13. The summed E-state index contributed by atoms with van der Waals surface area (Å²) in [5, 5.41) is 7.85. The van der Waals surface area contributed by atoms with Crippen molar-refractivity contribution in [3.8, 4) is 5.75 Å². The first-order chi connectivity index (χ1) is 9.33. The van der Waals surface area contributed by atoms with Crippen LogP contribution in [-0.2, 0) is 0 Å². The highest BCUT2D eigenvalue weighted by atomic mass is 16.7. The molecule has 1 fully saturated rings. The Morgan fingerprint density at radius 1 is 1.05 bits per heavy atom. The normalized spacial score (nSPS) is 16.9. The van der Waals surface area contributed by atoms with E-state index in [1.807, 2.05) is 18.2 Å². The number of hydroxylamine groups is 2. The van der Waals surface area contributed by atoms with Crippen LogP contribution in [0, 0.1) is 0 Å². The minimum Gasteiger partial charge on any atom is -0.406 e. The Hall–Kier alpha value is -1.58. The van der Waals surface area contributed by atoms with Crippen LogP contribution < -0.4 is 10.2 Å². The van der Waals surface area contributed by atoms with Gasteiger partial charge in [-0.3, -0.25) is 0 Å². The molecule has 0 amide bonds. The second kappa shape index (κ2) is 5.59. The van der Waals surface area contributed by atoms with E-state index in [0.717, 1.165) is 31.7 Å². The van der Waals surface area contributed by atoms with Gasteiger partial charge in [-0.1, -0.05) is 30.3 Å². The molecule has 0 saturated carbocycles. The molecular weight excluding hydrogens is 236 g/mol. The van der Waals surface area contributed by atoms with Crippen molar-refractivity contribution in [2.24, 2.45) is 0 Å². The van der Waals surface area contributed by atoms with Crippen molar-refractivity contribution in [2.45, 2.75) is 18.9 Å². The molecule has 3 rings (SSSR count).